The second-order valence-electron chi connectivity index (χ2n) is 1.37. The fourth-order valence-corrected chi connectivity index (χ4v) is 0.908. The van der Waals surface area contributed by atoms with Crippen molar-refractivity contribution in [2.45, 2.75) is 19.8 Å². The molecular formula is C5H12O3Si. The van der Waals surface area contributed by atoms with Crippen LogP contribution in [-0.2, 0) is 9.47 Å². The molecular weight excluding hydrogens is 136 g/mol. The highest BCUT2D eigenvalue weighted by molar-refractivity contribution is 6.26. The minimum Gasteiger partial charge on any atom is -0.428 e. The molecule has 0 unspecified atom stereocenters. The lowest BCUT2D eigenvalue weighted by Gasteiger charge is -2.11. The third-order valence-corrected chi connectivity index (χ3v) is 1.29. The lowest BCUT2D eigenvalue weighted by atomic mass is 10.9. The van der Waals surface area contributed by atoms with E-state index < -0.39 is 5.91 Å². The molecule has 0 aliphatic heterocycles. The molecule has 4 heteroatoms. The third kappa shape index (κ3) is 4.59. The fraction of sp³-hybridized carbons (Fsp3) is 1.00. The van der Waals surface area contributed by atoms with Crippen molar-refractivity contribution in [3.05, 3.63) is 0 Å². The summed E-state index contributed by atoms with van der Waals surface area (Å²) in [5.74, 6) is -0.403. The highest BCUT2D eigenvalue weighted by atomic mass is 28.2. The Hall–Kier alpha value is 0.0969. The zero-order valence-corrected chi connectivity index (χ0v) is 6.76. The second-order valence-corrected chi connectivity index (χ2v) is 2.10. The predicted molar refractivity (Wildman–Crippen MR) is 35.0 cm³/mol. The molecule has 0 spiro atoms. The molecule has 0 aliphatic carbocycles. The van der Waals surface area contributed by atoms with Crippen molar-refractivity contribution < 1.29 is 14.3 Å². The first-order valence-electron chi connectivity index (χ1n) is 2.98. The molecule has 9 heavy (non-hydrogen) atoms. The molecule has 0 amide bonds. The summed E-state index contributed by atoms with van der Waals surface area (Å²) >= 11 is 0. The van der Waals surface area contributed by atoms with Crippen molar-refractivity contribution in [3.8, 4) is 0 Å². The Bertz CT molecular complexity index is 54.2. The zero-order chi connectivity index (χ0) is 7.11. The van der Waals surface area contributed by atoms with E-state index in [-0.39, 0.29) is 9.76 Å². The van der Waals surface area contributed by atoms with E-state index in [9.17, 15) is 0 Å². The van der Waals surface area contributed by atoms with Gasteiger partial charge in [0.1, 0.15) is 0 Å². The Morgan fingerprint density at radius 2 is 1.78 bits per heavy atom. The Morgan fingerprint density at radius 1 is 1.33 bits per heavy atom. The number of ether oxygens (including phenoxy) is 2. The standard InChI is InChI=1S/C5H12O3Si/c1-3-7-5(9-6)8-4-2/h5-6H,3-4H2,1-2H3. The molecule has 0 aromatic rings. The molecule has 2 radical (unpaired) electrons. The smallest absolute Gasteiger partial charge is 0.295 e. The van der Waals surface area contributed by atoms with Crippen LogP contribution < -0.4 is 0 Å². The van der Waals surface area contributed by atoms with E-state index >= 15 is 0 Å². The van der Waals surface area contributed by atoms with Gasteiger partial charge in [-0.3, -0.25) is 0 Å². The van der Waals surface area contributed by atoms with Crippen LogP contribution in [0, 0.1) is 0 Å². The molecule has 1 N–H and O–H groups in total. The minimum atomic E-state index is -0.403. The van der Waals surface area contributed by atoms with Crippen molar-refractivity contribution in [1.29, 1.82) is 0 Å². The Morgan fingerprint density at radius 3 is 2.00 bits per heavy atom. The Balaban J connectivity index is 3.18. The van der Waals surface area contributed by atoms with Gasteiger partial charge in [0.25, 0.3) is 9.76 Å². The van der Waals surface area contributed by atoms with Gasteiger partial charge in [0.05, 0.1) is 0 Å². The first-order valence-corrected chi connectivity index (χ1v) is 4.00. The molecule has 0 saturated heterocycles. The minimum absolute atomic E-state index is 0.282. The Labute approximate surface area is 57.9 Å². The van der Waals surface area contributed by atoms with Crippen LogP contribution in [0.15, 0.2) is 0 Å². The van der Waals surface area contributed by atoms with Crippen LogP contribution >= 0.6 is 0 Å². The summed E-state index contributed by atoms with van der Waals surface area (Å²) in [5, 5.41) is 0. The maximum Gasteiger partial charge on any atom is 0.295 e. The lowest BCUT2D eigenvalue weighted by Crippen LogP contribution is -2.24. The highest BCUT2D eigenvalue weighted by Crippen LogP contribution is 1.89. The summed E-state index contributed by atoms with van der Waals surface area (Å²) < 4.78 is 9.94. The second kappa shape index (κ2) is 6.22. The summed E-state index contributed by atoms with van der Waals surface area (Å²) in [6, 6.07) is 0. The largest absolute Gasteiger partial charge is 0.428 e. The molecule has 3 nitrogen and oxygen atoms in total. The number of hydrogen-bond acceptors (Lipinski definition) is 3. The quantitative estimate of drug-likeness (QED) is 0.439. The van der Waals surface area contributed by atoms with Crippen LogP contribution in [-0.4, -0.2) is 33.7 Å². The fourth-order valence-electron chi connectivity index (χ4n) is 0.425. The number of hydrogen-bond donors (Lipinski definition) is 1. The van der Waals surface area contributed by atoms with Gasteiger partial charge in [-0.2, -0.15) is 0 Å². The van der Waals surface area contributed by atoms with Gasteiger partial charge >= 0.3 is 0 Å². The van der Waals surface area contributed by atoms with Gasteiger partial charge in [-0.25, -0.2) is 0 Å². The summed E-state index contributed by atoms with van der Waals surface area (Å²) in [6.45, 7) is 4.90. The van der Waals surface area contributed by atoms with Gasteiger partial charge in [0, 0.05) is 13.2 Å². The van der Waals surface area contributed by atoms with Gasteiger partial charge in [-0.1, -0.05) is 0 Å². The topological polar surface area (TPSA) is 38.7 Å². The van der Waals surface area contributed by atoms with Gasteiger partial charge in [-0.15, -0.1) is 0 Å². The SMILES string of the molecule is CCOC(OCC)[Si]O. The van der Waals surface area contributed by atoms with Crippen molar-refractivity contribution in [1.82, 2.24) is 0 Å². The Kier molecular flexibility index (Phi) is 6.29. The molecule has 0 saturated carbocycles. The third-order valence-electron chi connectivity index (χ3n) is 0.741. The van der Waals surface area contributed by atoms with Crippen LogP contribution in [0.4, 0.5) is 0 Å². The molecule has 0 aromatic carbocycles. The van der Waals surface area contributed by atoms with Crippen molar-refractivity contribution >= 4 is 9.76 Å². The lowest BCUT2D eigenvalue weighted by molar-refractivity contribution is -0.0878. The summed E-state index contributed by atoms with van der Waals surface area (Å²) in [5.41, 5.74) is 0. The van der Waals surface area contributed by atoms with E-state index in [0.717, 1.165) is 0 Å². The average molecular weight is 148 g/mol. The molecule has 54 valence electrons. The van der Waals surface area contributed by atoms with Crippen molar-refractivity contribution in [2.24, 2.45) is 0 Å². The van der Waals surface area contributed by atoms with E-state index in [1.54, 1.807) is 0 Å². The highest BCUT2D eigenvalue weighted by Gasteiger charge is 2.06. The van der Waals surface area contributed by atoms with E-state index in [0.29, 0.717) is 13.2 Å². The van der Waals surface area contributed by atoms with Crippen LogP contribution in [0.25, 0.3) is 0 Å². The van der Waals surface area contributed by atoms with Gasteiger partial charge in [0.15, 0.2) is 5.91 Å². The van der Waals surface area contributed by atoms with Crippen molar-refractivity contribution in [3.63, 3.8) is 0 Å². The van der Waals surface area contributed by atoms with Crippen LogP contribution in [0.3, 0.4) is 0 Å². The maximum atomic E-state index is 8.57. The first kappa shape index (κ1) is 9.10. The van der Waals surface area contributed by atoms with E-state index in [4.69, 9.17) is 14.3 Å². The monoisotopic (exact) mass is 148 g/mol. The first-order chi connectivity index (χ1) is 4.35. The van der Waals surface area contributed by atoms with E-state index in [2.05, 4.69) is 0 Å². The maximum absolute atomic E-state index is 8.57. The molecule has 0 aliphatic rings. The molecule has 0 rings (SSSR count). The molecule has 0 atom stereocenters. The van der Waals surface area contributed by atoms with Gasteiger partial charge < -0.3 is 14.3 Å². The molecule has 0 bridgehead atoms. The van der Waals surface area contributed by atoms with Crippen molar-refractivity contribution in [2.75, 3.05) is 13.2 Å². The van der Waals surface area contributed by atoms with Gasteiger partial charge in [-0.05, 0) is 13.8 Å². The van der Waals surface area contributed by atoms with E-state index in [1.807, 2.05) is 13.8 Å². The van der Waals surface area contributed by atoms with Crippen LogP contribution in [0.5, 0.6) is 0 Å². The molecule has 0 heterocycles. The average Bonchev–Trinajstić information content (AvgIpc) is 1.88. The molecule has 0 aromatic heterocycles. The summed E-state index contributed by atoms with van der Waals surface area (Å²) in [6.07, 6.45) is 0. The summed E-state index contributed by atoms with van der Waals surface area (Å²) in [4.78, 5) is 8.57. The molecule has 0 fully saturated rings. The predicted octanol–water partition coefficient (Wildman–Crippen LogP) is -0.0455. The normalized spacial score (nSPS) is 10.7. The van der Waals surface area contributed by atoms with Gasteiger partial charge in [0.2, 0.25) is 0 Å². The number of rotatable bonds is 5. The summed E-state index contributed by atoms with van der Waals surface area (Å²) in [7, 11) is -0.282. The van der Waals surface area contributed by atoms with E-state index in [1.165, 1.54) is 0 Å². The zero-order valence-electron chi connectivity index (χ0n) is 5.76. The van der Waals surface area contributed by atoms with Crippen LogP contribution in [0.1, 0.15) is 13.8 Å². The van der Waals surface area contributed by atoms with Crippen LogP contribution in [0.2, 0.25) is 0 Å².